The van der Waals surface area contributed by atoms with Gasteiger partial charge in [0.15, 0.2) is 5.96 Å². The van der Waals surface area contributed by atoms with E-state index >= 15 is 0 Å². The van der Waals surface area contributed by atoms with Gasteiger partial charge in [-0.1, -0.05) is 23.7 Å². The molecule has 2 N–H and O–H groups in total. The Labute approximate surface area is 150 Å². The van der Waals surface area contributed by atoms with Gasteiger partial charge >= 0.3 is 0 Å². The minimum Gasteiger partial charge on any atom is -0.356 e. The number of likely N-dealkylation sites (N-methyl/N-ethyl adjacent to an activating group) is 1. The molecule has 0 saturated heterocycles. The van der Waals surface area contributed by atoms with Crippen LogP contribution in [0.5, 0.6) is 0 Å². The fourth-order valence-electron chi connectivity index (χ4n) is 3.46. The normalized spacial score (nSPS) is 20.8. The Morgan fingerprint density at radius 3 is 2.62 bits per heavy atom. The Bertz CT molecular complexity index is 589. The maximum atomic E-state index is 6.16. The van der Waals surface area contributed by atoms with Crippen molar-refractivity contribution in [3.63, 3.8) is 0 Å². The molecule has 2 aliphatic rings. The zero-order valence-electron chi connectivity index (χ0n) is 15.0. The smallest absolute Gasteiger partial charge is 0.191 e. The third-order valence-electron chi connectivity index (χ3n) is 5.42. The highest BCUT2D eigenvalue weighted by Gasteiger charge is 2.44. The highest BCUT2D eigenvalue weighted by Crippen LogP contribution is 2.48. The molecule has 1 unspecified atom stereocenters. The Balaban J connectivity index is 1.53. The number of rotatable bonds is 7. The molecule has 0 amide bonds. The lowest BCUT2D eigenvalue weighted by atomic mass is 9.96. The quantitative estimate of drug-likeness (QED) is 0.588. The lowest BCUT2D eigenvalue weighted by Crippen LogP contribution is -2.47. The van der Waals surface area contributed by atoms with Gasteiger partial charge in [0.2, 0.25) is 0 Å². The molecular weight excluding hydrogens is 320 g/mol. The Morgan fingerprint density at radius 1 is 1.33 bits per heavy atom. The van der Waals surface area contributed by atoms with E-state index in [1.807, 2.05) is 19.2 Å². The van der Waals surface area contributed by atoms with Crippen molar-refractivity contribution in [1.82, 2.24) is 15.5 Å². The summed E-state index contributed by atoms with van der Waals surface area (Å²) in [5, 5.41) is 7.85. The molecule has 2 saturated carbocycles. The molecule has 132 valence electrons. The van der Waals surface area contributed by atoms with Crippen LogP contribution in [-0.2, 0) is 5.41 Å². The van der Waals surface area contributed by atoms with Gasteiger partial charge < -0.3 is 15.5 Å². The zero-order chi connectivity index (χ0) is 17.2. The summed E-state index contributed by atoms with van der Waals surface area (Å²) >= 11 is 6.16. The first-order valence-corrected chi connectivity index (χ1v) is 9.29. The van der Waals surface area contributed by atoms with Gasteiger partial charge in [-0.3, -0.25) is 4.99 Å². The molecule has 0 aliphatic heterocycles. The average Bonchev–Trinajstić information content (AvgIpc) is 3.45. The van der Waals surface area contributed by atoms with E-state index in [9.17, 15) is 0 Å². The molecular formula is C19H29ClN4. The topological polar surface area (TPSA) is 39.7 Å². The summed E-state index contributed by atoms with van der Waals surface area (Å²) < 4.78 is 0. The van der Waals surface area contributed by atoms with Gasteiger partial charge in [-0.05, 0) is 63.4 Å². The molecule has 0 heterocycles. The third kappa shape index (κ3) is 4.22. The summed E-state index contributed by atoms with van der Waals surface area (Å²) in [6.07, 6.45) is 5.13. The molecule has 1 aromatic rings. The number of nitrogens with zero attached hydrogens (tertiary/aromatic N) is 2. The van der Waals surface area contributed by atoms with Gasteiger partial charge in [-0.25, -0.2) is 0 Å². The molecule has 5 heteroatoms. The molecule has 2 aliphatic carbocycles. The molecule has 4 nitrogen and oxygen atoms in total. The molecule has 1 aromatic carbocycles. The van der Waals surface area contributed by atoms with Gasteiger partial charge in [-0.15, -0.1) is 0 Å². The summed E-state index contributed by atoms with van der Waals surface area (Å²) in [5.74, 6) is 1.74. The number of benzene rings is 1. The van der Waals surface area contributed by atoms with Crippen molar-refractivity contribution in [1.29, 1.82) is 0 Å². The molecule has 0 bridgehead atoms. The largest absolute Gasteiger partial charge is 0.356 e. The maximum absolute atomic E-state index is 6.16. The summed E-state index contributed by atoms with van der Waals surface area (Å²) in [5.41, 5.74) is 1.56. The van der Waals surface area contributed by atoms with Crippen molar-refractivity contribution < 1.29 is 0 Å². The lowest BCUT2D eigenvalue weighted by molar-refractivity contribution is 0.264. The predicted octanol–water partition coefficient (Wildman–Crippen LogP) is 2.88. The molecule has 24 heavy (non-hydrogen) atoms. The SMILES string of the molecule is CN=C(NCC(C1CC1)N(C)C)NCC1(c2cccc(Cl)c2)CC1. The monoisotopic (exact) mass is 348 g/mol. The number of aliphatic imine (C=N–C) groups is 1. The Kier molecular flexibility index (Phi) is 5.36. The summed E-state index contributed by atoms with van der Waals surface area (Å²) in [6.45, 7) is 1.85. The first-order chi connectivity index (χ1) is 11.5. The van der Waals surface area contributed by atoms with Gasteiger partial charge in [-0.2, -0.15) is 0 Å². The van der Waals surface area contributed by atoms with E-state index in [1.54, 1.807) is 0 Å². The lowest BCUT2D eigenvalue weighted by Gasteiger charge is -2.26. The molecule has 0 radical (unpaired) electrons. The molecule has 3 rings (SSSR count). The van der Waals surface area contributed by atoms with Crippen LogP contribution in [0.4, 0.5) is 0 Å². The van der Waals surface area contributed by atoms with Crippen molar-refractivity contribution in [2.75, 3.05) is 34.2 Å². The predicted molar refractivity (Wildman–Crippen MR) is 102 cm³/mol. The summed E-state index contributed by atoms with van der Waals surface area (Å²) in [6, 6.07) is 8.86. The van der Waals surface area contributed by atoms with E-state index in [1.165, 1.54) is 31.2 Å². The zero-order valence-corrected chi connectivity index (χ0v) is 15.7. The van der Waals surface area contributed by atoms with Crippen molar-refractivity contribution in [3.8, 4) is 0 Å². The second-order valence-corrected chi connectivity index (χ2v) is 7.90. The van der Waals surface area contributed by atoms with Crippen molar-refractivity contribution in [3.05, 3.63) is 34.9 Å². The number of guanidine groups is 1. The van der Waals surface area contributed by atoms with Gasteiger partial charge in [0.1, 0.15) is 0 Å². The fourth-order valence-corrected chi connectivity index (χ4v) is 3.65. The fraction of sp³-hybridized carbons (Fsp3) is 0.632. The van der Waals surface area contributed by atoms with E-state index in [-0.39, 0.29) is 5.41 Å². The van der Waals surface area contributed by atoms with Crippen molar-refractivity contribution in [2.24, 2.45) is 10.9 Å². The van der Waals surface area contributed by atoms with Crippen LogP contribution in [0.1, 0.15) is 31.2 Å². The molecule has 2 fully saturated rings. The van der Waals surface area contributed by atoms with Crippen LogP contribution in [0.25, 0.3) is 0 Å². The minimum atomic E-state index is 0.222. The highest BCUT2D eigenvalue weighted by molar-refractivity contribution is 6.30. The Morgan fingerprint density at radius 2 is 2.08 bits per heavy atom. The third-order valence-corrected chi connectivity index (χ3v) is 5.65. The van der Waals surface area contributed by atoms with Crippen molar-refractivity contribution in [2.45, 2.75) is 37.1 Å². The van der Waals surface area contributed by atoms with Crippen LogP contribution in [0.15, 0.2) is 29.3 Å². The number of halogens is 1. The van der Waals surface area contributed by atoms with Crippen LogP contribution in [0.2, 0.25) is 5.02 Å². The average molecular weight is 349 g/mol. The number of hydrogen-bond acceptors (Lipinski definition) is 2. The van der Waals surface area contributed by atoms with Gasteiger partial charge in [0, 0.05) is 36.6 Å². The van der Waals surface area contributed by atoms with Gasteiger partial charge in [0.05, 0.1) is 0 Å². The van der Waals surface area contributed by atoms with Crippen molar-refractivity contribution >= 4 is 17.6 Å². The number of hydrogen-bond donors (Lipinski definition) is 2. The van der Waals surface area contributed by atoms with Crippen LogP contribution in [0, 0.1) is 5.92 Å². The van der Waals surface area contributed by atoms with Crippen LogP contribution >= 0.6 is 11.6 Å². The number of nitrogens with one attached hydrogen (secondary N) is 2. The molecule has 1 atom stereocenters. The summed E-state index contributed by atoms with van der Waals surface area (Å²) in [7, 11) is 6.18. The van der Waals surface area contributed by atoms with Gasteiger partial charge in [0.25, 0.3) is 0 Å². The molecule has 0 aromatic heterocycles. The maximum Gasteiger partial charge on any atom is 0.191 e. The van der Waals surface area contributed by atoms with E-state index in [2.05, 4.69) is 46.8 Å². The second-order valence-electron chi connectivity index (χ2n) is 7.47. The first-order valence-electron chi connectivity index (χ1n) is 8.91. The van der Waals surface area contributed by atoms with E-state index < -0.39 is 0 Å². The second kappa shape index (κ2) is 7.32. The van der Waals surface area contributed by atoms with Crippen LogP contribution in [0.3, 0.4) is 0 Å². The van der Waals surface area contributed by atoms with Crippen LogP contribution in [-0.4, -0.2) is 51.1 Å². The van der Waals surface area contributed by atoms with Crippen LogP contribution < -0.4 is 10.6 Å². The van der Waals surface area contributed by atoms with E-state index in [0.29, 0.717) is 6.04 Å². The first kappa shape index (κ1) is 17.6. The molecule has 0 spiro atoms. The minimum absolute atomic E-state index is 0.222. The highest BCUT2D eigenvalue weighted by atomic mass is 35.5. The van der Waals surface area contributed by atoms with E-state index in [0.717, 1.165) is 30.0 Å². The van der Waals surface area contributed by atoms with E-state index in [4.69, 9.17) is 11.6 Å². The summed E-state index contributed by atoms with van der Waals surface area (Å²) in [4.78, 5) is 6.72. The Hall–Kier alpha value is -1.26. The standard InChI is InChI=1S/C19H29ClN4/c1-21-18(22-12-17(24(2)3)14-7-8-14)23-13-19(9-10-19)15-5-4-6-16(20)11-15/h4-6,11,14,17H,7-10,12-13H2,1-3H3,(H2,21,22,23).